The minimum Gasteiger partial charge on any atom is -0.486 e. The first-order valence-electron chi connectivity index (χ1n) is 10.3. The Morgan fingerprint density at radius 2 is 1.81 bits per heavy atom. The Balaban J connectivity index is 1.20. The van der Waals surface area contributed by atoms with Gasteiger partial charge in [0.25, 0.3) is 0 Å². The van der Waals surface area contributed by atoms with E-state index in [2.05, 4.69) is 20.1 Å². The minimum absolute atomic E-state index is 0.339. The van der Waals surface area contributed by atoms with E-state index in [0.717, 1.165) is 46.0 Å². The molecular formula is C23H21ClN4O2S2. The van der Waals surface area contributed by atoms with E-state index < -0.39 is 0 Å². The first kappa shape index (κ1) is 21.3. The molecule has 1 saturated carbocycles. The lowest BCUT2D eigenvalue weighted by Gasteiger charge is -2.10. The summed E-state index contributed by atoms with van der Waals surface area (Å²) in [4.78, 5) is 4.70. The van der Waals surface area contributed by atoms with E-state index in [4.69, 9.17) is 26.1 Å². The van der Waals surface area contributed by atoms with Crippen molar-refractivity contribution in [2.45, 2.75) is 43.0 Å². The maximum absolute atomic E-state index is 6.20. The molecule has 9 heteroatoms. The normalized spacial score (nSPS) is 13.3. The van der Waals surface area contributed by atoms with E-state index in [1.807, 2.05) is 54.6 Å². The molecule has 4 aromatic rings. The molecule has 0 aliphatic heterocycles. The Morgan fingerprint density at radius 1 is 1.00 bits per heavy atom. The van der Waals surface area contributed by atoms with E-state index in [9.17, 15) is 0 Å². The Morgan fingerprint density at radius 3 is 2.62 bits per heavy atom. The maximum Gasteiger partial charge on any atom is 0.191 e. The summed E-state index contributed by atoms with van der Waals surface area (Å²) in [6, 6.07) is 17.7. The molecule has 0 bridgehead atoms. The number of thioether (sulfide) groups is 1. The van der Waals surface area contributed by atoms with Crippen LogP contribution in [0.3, 0.4) is 0 Å². The lowest BCUT2D eigenvalue weighted by Crippen LogP contribution is -2.07. The van der Waals surface area contributed by atoms with Crippen molar-refractivity contribution in [3.05, 3.63) is 81.5 Å². The molecule has 164 valence electrons. The lowest BCUT2D eigenvalue weighted by molar-refractivity contribution is 0.288. The summed E-state index contributed by atoms with van der Waals surface area (Å²) in [7, 11) is 0. The number of hydrogen-bond acceptors (Lipinski definition) is 7. The van der Waals surface area contributed by atoms with Crippen molar-refractivity contribution in [3.8, 4) is 11.5 Å². The second-order valence-electron chi connectivity index (χ2n) is 7.34. The zero-order valence-corrected chi connectivity index (χ0v) is 19.6. The molecule has 0 atom stereocenters. The van der Waals surface area contributed by atoms with Crippen molar-refractivity contribution in [2.75, 3.05) is 0 Å². The zero-order chi connectivity index (χ0) is 21.8. The number of halogens is 1. The van der Waals surface area contributed by atoms with Crippen LogP contribution in [0.5, 0.6) is 11.5 Å². The van der Waals surface area contributed by atoms with E-state index >= 15 is 0 Å². The molecule has 6 nitrogen and oxygen atoms in total. The largest absolute Gasteiger partial charge is 0.486 e. The van der Waals surface area contributed by atoms with Crippen LogP contribution >= 0.6 is 34.7 Å². The monoisotopic (exact) mass is 484 g/mol. The van der Waals surface area contributed by atoms with Gasteiger partial charge in [-0.1, -0.05) is 53.7 Å². The summed E-state index contributed by atoms with van der Waals surface area (Å²) in [6.45, 7) is 0.812. The number of para-hydroxylation sites is 2. The van der Waals surface area contributed by atoms with Crippen LogP contribution < -0.4 is 9.47 Å². The van der Waals surface area contributed by atoms with Gasteiger partial charge in [0.15, 0.2) is 11.0 Å². The summed E-state index contributed by atoms with van der Waals surface area (Å²) in [6.07, 6.45) is 2.28. The van der Waals surface area contributed by atoms with Crippen LogP contribution in [0.15, 0.2) is 65.1 Å². The van der Waals surface area contributed by atoms with Crippen LogP contribution in [0, 0.1) is 0 Å². The molecule has 0 saturated heterocycles. The molecule has 0 N–H and O–H groups in total. The Labute approximate surface area is 199 Å². The molecule has 2 heterocycles. The van der Waals surface area contributed by atoms with E-state index in [1.54, 1.807) is 23.1 Å². The molecule has 2 aromatic carbocycles. The highest BCUT2D eigenvalue weighted by atomic mass is 35.5. The fourth-order valence-corrected chi connectivity index (χ4v) is 5.11. The van der Waals surface area contributed by atoms with Crippen LogP contribution in [0.4, 0.5) is 0 Å². The predicted molar refractivity (Wildman–Crippen MR) is 127 cm³/mol. The van der Waals surface area contributed by atoms with Crippen molar-refractivity contribution in [1.29, 1.82) is 0 Å². The molecule has 0 unspecified atom stereocenters. The first-order valence-corrected chi connectivity index (χ1v) is 12.6. The average Bonchev–Trinajstić information content (AvgIpc) is 3.41. The molecule has 0 radical (unpaired) electrons. The molecule has 32 heavy (non-hydrogen) atoms. The van der Waals surface area contributed by atoms with Crippen molar-refractivity contribution in [1.82, 2.24) is 19.7 Å². The van der Waals surface area contributed by atoms with Crippen molar-refractivity contribution >= 4 is 34.7 Å². The van der Waals surface area contributed by atoms with Gasteiger partial charge in [-0.15, -0.1) is 21.5 Å². The van der Waals surface area contributed by atoms with Gasteiger partial charge in [-0.2, -0.15) is 0 Å². The van der Waals surface area contributed by atoms with Crippen LogP contribution in [0.2, 0.25) is 5.02 Å². The molecule has 0 amide bonds. The van der Waals surface area contributed by atoms with Gasteiger partial charge in [0.05, 0.1) is 10.7 Å². The number of benzene rings is 2. The quantitative estimate of drug-likeness (QED) is 0.251. The van der Waals surface area contributed by atoms with Gasteiger partial charge in [-0.05, 0) is 37.1 Å². The minimum atomic E-state index is 0.339. The number of rotatable bonds is 10. The number of hydrogen-bond donors (Lipinski definition) is 0. The highest BCUT2D eigenvalue weighted by Gasteiger charge is 2.30. The summed E-state index contributed by atoms with van der Waals surface area (Å²) >= 11 is 9.47. The Kier molecular flexibility index (Phi) is 6.61. The standard InChI is InChI=1S/C23H21ClN4O2S2/c24-19-8-4-5-9-20(19)30-12-21-26-27-23(28(21)17-10-11-17)32-15-16-14-31-22(25-16)13-29-18-6-2-1-3-7-18/h1-9,14,17H,10-13,15H2. The Bertz CT molecular complexity index is 1180. The van der Waals surface area contributed by atoms with Crippen molar-refractivity contribution in [3.63, 3.8) is 0 Å². The molecule has 1 aliphatic rings. The van der Waals surface area contributed by atoms with Gasteiger partial charge >= 0.3 is 0 Å². The molecule has 2 aromatic heterocycles. The van der Waals surface area contributed by atoms with Gasteiger partial charge in [0, 0.05) is 17.2 Å². The fraction of sp³-hybridized carbons (Fsp3) is 0.261. The third-order valence-electron chi connectivity index (χ3n) is 4.89. The highest BCUT2D eigenvalue weighted by molar-refractivity contribution is 7.98. The smallest absolute Gasteiger partial charge is 0.191 e. The number of thiazole rings is 1. The third-order valence-corrected chi connectivity index (χ3v) is 7.05. The number of aromatic nitrogens is 4. The molecular weight excluding hydrogens is 464 g/mol. The van der Waals surface area contributed by atoms with Gasteiger partial charge in [0.1, 0.15) is 29.7 Å². The SMILES string of the molecule is Clc1ccccc1OCc1nnc(SCc2csc(COc3ccccc3)n2)n1C1CC1. The van der Waals surface area contributed by atoms with E-state index in [1.165, 1.54) is 0 Å². The van der Waals surface area contributed by atoms with Gasteiger partial charge in [0.2, 0.25) is 0 Å². The summed E-state index contributed by atoms with van der Waals surface area (Å²) < 4.78 is 13.9. The summed E-state index contributed by atoms with van der Waals surface area (Å²) in [5.41, 5.74) is 1.02. The Hall–Kier alpha value is -2.55. The molecule has 1 aliphatic carbocycles. The first-order chi connectivity index (χ1) is 15.8. The van der Waals surface area contributed by atoms with Crippen LogP contribution in [-0.4, -0.2) is 19.7 Å². The molecule has 0 spiro atoms. The van der Waals surface area contributed by atoms with Gasteiger partial charge in [-0.25, -0.2) is 4.98 Å². The fourth-order valence-electron chi connectivity index (χ4n) is 3.19. The summed E-state index contributed by atoms with van der Waals surface area (Å²) in [5, 5.41) is 13.3. The van der Waals surface area contributed by atoms with Crippen LogP contribution in [0.1, 0.15) is 35.4 Å². The van der Waals surface area contributed by atoms with Crippen LogP contribution in [0.25, 0.3) is 0 Å². The predicted octanol–water partition coefficient (Wildman–Crippen LogP) is 6.17. The molecule has 1 fully saturated rings. The number of nitrogens with zero attached hydrogens (tertiary/aromatic N) is 4. The second-order valence-corrected chi connectivity index (χ2v) is 9.63. The van der Waals surface area contributed by atoms with E-state index in [0.29, 0.717) is 30.0 Å². The van der Waals surface area contributed by atoms with Gasteiger partial charge in [-0.3, -0.25) is 4.57 Å². The zero-order valence-electron chi connectivity index (χ0n) is 17.2. The van der Waals surface area contributed by atoms with Crippen molar-refractivity contribution < 1.29 is 9.47 Å². The average molecular weight is 485 g/mol. The third kappa shape index (κ3) is 5.26. The van der Waals surface area contributed by atoms with Crippen molar-refractivity contribution in [2.24, 2.45) is 0 Å². The summed E-state index contributed by atoms with van der Waals surface area (Å²) in [5.74, 6) is 3.06. The van der Waals surface area contributed by atoms with E-state index in [-0.39, 0.29) is 0 Å². The maximum atomic E-state index is 6.20. The number of ether oxygens (including phenoxy) is 2. The highest BCUT2D eigenvalue weighted by Crippen LogP contribution is 2.39. The van der Waals surface area contributed by atoms with Gasteiger partial charge < -0.3 is 9.47 Å². The van der Waals surface area contributed by atoms with Crippen LogP contribution in [-0.2, 0) is 19.0 Å². The lowest BCUT2D eigenvalue weighted by atomic mass is 10.3. The topological polar surface area (TPSA) is 62.1 Å². The second kappa shape index (κ2) is 9.94. The molecule has 5 rings (SSSR count).